The Bertz CT molecular complexity index is 1210. The molecule has 0 spiro atoms. The molecule has 0 aliphatic carbocycles. The molecule has 1 aliphatic rings. The molecule has 1 saturated heterocycles. The number of rotatable bonds is 6. The fraction of sp³-hybridized carbons (Fsp3) is 0.233. The predicted octanol–water partition coefficient (Wildman–Crippen LogP) is 5.32. The lowest BCUT2D eigenvalue weighted by molar-refractivity contribution is -0.131. The van der Waals surface area contributed by atoms with Crippen LogP contribution in [0.3, 0.4) is 0 Å². The van der Waals surface area contributed by atoms with Crippen LogP contribution < -0.4 is 4.90 Å². The minimum atomic E-state index is 0.0564. The van der Waals surface area contributed by atoms with Gasteiger partial charge in [0, 0.05) is 50.1 Å². The Kier molecular flexibility index (Phi) is 6.85. The Morgan fingerprint density at radius 3 is 1.89 bits per heavy atom. The van der Waals surface area contributed by atoms with Gasteiger partial charge in [-0.3, -0.25) is 4.79 Å². The number of hydrogen-bond acceptors (Lipinski definition) is 4. The summed E-state index contributed by atoms with van der Waals surface area (Å²) in [6.07, 6.45) is 0.471. The normalized spacial score (nSPS) is 13.8. The fourth-order valence-electron chi connectivity index (χ4n) is 4.76. The summed E-state index contributed by atoms with van der Waals surface area (Å²) in [6.45, 7) is 4.84. The SMILES string of the molecule is Cc1nc(-c2ccccc2)cc(N2CCN(C(=O)CC(c3ccccc3)c3ccccc3)CC2)n1. The molecule has 1 aromatic heterocycles. The van der Waals surface area contributed by atoms with Crippen molar-refractivity contribution in [3.8, 4) is 11.3 Å². The minimum Gasteiger partial charge on any atom is -0.353 e. The molecule has 3 aromatic carbocycles. The second-order valence-electron chi connectivity index (χ2n) is 8.97. The lowest BCUT2D eigenvalue weighted by Gasteiger charge is -2.36. The van der Waals surface area contributed by atoms with Gasteiger partial charge < -0.3 is 9.80 Å². The van der Waals surface area contributed by atoms with Crippen LogP contribution in [0, 0.1) is 6.92 Å². The zero-order valence-electron chi connectivity index (χ0n) is 20.0. The van der Waals surface area contributed by atoms with Crippen LogP contribution in [0.15, 0.2) is 97.1 Å². The summed E-state index contributed by atoms with van der Waals surface area (Å²) in [7, 11) is 0. The van der Waals surface area contributed by atoms with Gasteiger partial charge in [-0.05, 0) is 18.1 Å². The summed E-state index contributed by atoms with van der Waals surface area (Å²) in [5.74, 6) is 1.94. The predicted molar refractivity (Wildman–Crippen MR) is 140 cm³/mol. The molecule has 0 radical (unpaired) electrons. The molecule has 5 heteroatoms. The first-order valence-corrected chi connectivity index (χ1v) is 12.2. The average molecular weight is 463 g/mol. The van der Waals surface area contributed by atoms with E-state index in [1.807, 2.05) is 66.4 Å². The van der Waals surface area contributed by atoms with Crippen LogP contribution in [-0.4, -0.2) is 47.0 Å². The molecule has 0 atom stereocenters. The van der Waals surface area contributed by atoms with E-state index in [2.05, 4.69) is 52.3 Å². The first-order chi connectivity index (χ1) is 17.2. The maximum atomic E-state index is 13.4. The minimum absolute atomic E-state index is 0.0564. The highest BCUT2D eigenvalue weighted by Crippen LogP contribution is 2.29. The molecule has 0 saturated carbocycles. The second-order valence-corrected chi connectivity index (χ2v) is 8.97. The van der Waals surface area contributed by atoms with Crippen molar-refractivity contribution >= 4 is 11.7 Å². The third-order valence-electron chi connectivity index (χ3n) is 6.63. The molecular formula is C30H30N4O. The van der Waals surface area contributed by atoms with Gasteiger partial charge in [0.05, 0.1) is 5.69 Å². The molecule has 5 rings (SSSR count). The van der Waals surface area contributed by atoms with Gasteiger partial charge in [-0.1, -0.05) is 91.0 Å². The van der Waals surface area contributed by atoms with Crippen LogP contribution in [0.5, 0.6) is 0 Å². The van der Waals surface area contributed by atoms with Gasteiger partial charge in [-0.2, -0.15) is 0 Å². The smallest absolute Gasteiger partial charge is 0.223 e. The summed E-state index contributed by atoms with van der Waals surface area (Å²) < 4.78 is 0. The molecule has 35 heavy (non-hydrogen) atoms. The van der Waals surface area contributed by atoms with E-state index in [0.29, 0.717) is 19.5 Å². The van der Waals surface area contributed by atoms with Crippen molar-refractivity contribution in [3.63, 3.8) is 0 Å². The lowest BCUT2D eigenvalue weighted by atomic mass is 9.88. The molecule has 0 N–H and O–H groups in total. The van der Waals surface area contributed by atoms with Crippen LogP contribution >= 0.6 is 0 Å². The Balaban J connectivity index is 1.27. The van der Waals surface area contributed by atoms with Crippen LogP contribution in [0.4, 0.5) is 5.82 Å². The fourth-order valence-corrected chi connectivity index (χ4v) is 4.76. The van der Waals surface area contributed by atoms with E-state index in [1.165, 1.54) is 11.1 Å². The summed E-state index contributed by atoms with van der Waals surface area (Å²) in [5, 5.41) is 0. The maximum absolute atomic E-state index is 13.4. The van der Waals surface area contributed by atoms with E-state index in [9.17, 15) is 4.79 Å². The monoisotopic (exact) mass is 462 g/mol. The number of aromatic nitrogens is 2. The number of piperazine rings is 1. The van der Waals surface area contributed by atoms with Crippen molar-refractivity contribution in [2.24, 2.45) is 0 Å². The number of anilines is 1. The summed E-state index contributed by atoms with van der Waals surface area (Å²) >= 11 is 0. The van der Waals surface area contributed by atoms with Crippen molar-refractivity contribution in [1.82, 2.24) is 14.9 Å². The van der Waals surface area contributed by atoms with E-state index in [0.717, 1.165) is 36.0 Å². The highest BCUT2D eigenvalue weighted by Gasteiger charge is 2.26. The van der Waals surface area contributed by atoms with Crippen molar-refractivity contribution in [1.29, 1.82) is 0 Å². The number of hydrogen-bond donors (Lipinski definition) is 0. The number of aryl methyl sites for hydroxylation is 1. The zero-order chi connectivity index (χ0) is 24.0. The Labute approximate surface area is 207 Å². The molecule has 1 amide bonds. The Hall–Kier alpha value is -3.99. The van der Waals surface area contributed by atoms with E-state index in [1.54, 1.807) is 0 Å². The first kappa shape index (κ1) is 22.8. The largest absolute Gasteiger partial charge is 0.353 e. The number of carbonyl (C=O) groups is 1. The van der Waals surface area contributed by atoms with Crippen LogP contribution in [0.2, 0.25) is 0 Å². The number of amides is 1. The molecule has 1 aliphatic heterocycles. The summed E-state index contributed by atoms with van der Waals surface area (Å²) in [4.78, 5) is 27.0. The van der Waals surface area contributed by atoms with Crippen LogP contribution in [0.1, 0.15) is 29.3 Å². The van der Waals surface area contributed by atoms with Gasteiger partial charge in [0.1, 0.15) is 11.6 Å². The van der Waals surface area contributed by atoms with Crippen molar-refractivity contribution in [2.45, 2.75) is 19.3 Å². The number of nitrogens with zero attached hydrogens (tertiary/aromatic N) is 4. The molecular weight excluding hydrogens is 432 g/mol. The van der Waals surface area contributed by atoms with Gasteiger partial charge in [0.2, 0.25) is 5.91 Å². The van der Waals surface area contributed by atoms with Gasteiger partial charge >= 0.3 is 0 Å². The summed E-state index contributed by atoms with van der Waals surface area (Å²) in [5.41, 5.74) is 4.37. The van der Waals surface area contributed by atoms with E-state index in [-0.39, 0.29) is 11.8 Å². The molecule has 2 heterocycles. The van der Waals surface area contributed by atoms with Crippen LogP contribution in [-0.2, 0) is 4.79 Å². The topological polar surface area (TPSA) is 49.3 Å². The van der Waals surface area contributed by atoms with Crippen LogP contribution in [0.25, 0.3) is 11.3 Å². The lowest BCUT2D eigenvalue weighted by Crippen LogP contribution is -2.49. The van der Waals surface area contributed by atoms with Crippen molar-refractivity contribution in [2.75, 3.05) is 31.1 Å². The third kappa shape index (κ3) is 5.40. The molecule has 0 bridgehead atoms. The summed E-state index contributed by atoms with van der Waals surface area (Å²) in [6, 6.07) is 32.9. The zero-order valence-corrected chi connectivity index (χ0v) is 20.0. The molecule has 4 aromatic rings. The standard InChI is InChI=1S/C30H30N4O/c1-23-31-28(26-15-9-4-10-16-26)22-29(32-23)33-17-19-34(20-18-33)30(35)21-27(24-11-5-2-6-12-24)25-13-7-3-8-14-25/h2-16,22,27H,17-21H2,1H3. The van der Waals surface area contributed by atoms with E-state index in [4.69, 9.17) is 4.98 Å². The Morgan fingerprint density at radius 1 is 0.771 bits per heavy atom. The van der Waals surface area contributed by atoms with Gasteiger partial charge in [0.25, 0.3) is 0 Å². The van der Waals surface area contributed by atoms with E-state index < -0.39 is 0 Å². The second kappa shape index (κ2) is 10.5. The van der Waals surface area contributed by atoms with Gasteiger partial charge in [-0.15, -0.1) is 0 Å². The number of carbonyl (C=O) groups excluding carboxylic acids is 1. The van der Waals surface area contributed by atoms with Gasteiger partial charge in [-0.25, -0.2) is 9.97 Å². The van der Waals surface area contributed by atoms with Crippen molar-refractivity contribution < 1.29 is 4.79 Å². The molecule has 176 valence electrons. The average Bonchev–Trinajstić information content (AvgIpc) is 2.93. The molecule has 0 unspecified atom stereocenters. The van der Waals surface area contributed by atoms with Crippen molar-refractivity contribution in [3.05, 3.63) is 114 Å². The highest BCUT2D eigenvalue weighted by molar-refractivity contribution is 5.78. The molecule has 5 nitrogen and oxygen atoms in total. The Morgan fingerprint density at radius 2 is 1.31 bits per heavy atom. The maximum Gasteiger partial charge on any atom is 0.223 e. The quantitative estimate of drug-likeness (QED) is 0.389. The third-order valence-corrected chi connectivity index (χ3v) is 6.63. The van der Waals surface area contributed by atoms with E-state index >= 15 is 0 Å². The molecule has 1 fully saturated rings. The highest BCUT2D eigenvalue weighted by atomic mass is 16.2. The first-order valence-electron chi connectivity index (χ1n) is 12.2. The van der Waals surface area contributed by atoms with Gasteiger partial charge in [0.15, 0.2) is 0 Å². The number of benzene rings is 3.